The third-order valence-corrected chi connectivity index (χ3v) is 2.89. The maximum atomic E-state index is 5.48. The fourth-order valence-corrected chi connectivity index (χ4v) is 1.83. The monoisotopic (exact) mass is 245 g/mol. The number of nitrogens with zero attached hydrogens (tertiary/aromatic N) is 2. The van der Waals surface area contributed by atoms with E-state index in [2.05, 4.69) is 15.7 Å². The zero-order valence-electron chi connectivity index (χ0n) is 10.7. The lowest BCUT2D eigenvalue weighted by Crippen LogP contribution is -2.01. The Morgan fingerprint density at radius 2 is 2.00 bits per heavy atom. The van der Waals surface area contributed by atoms with E-state index in [1.165, 1.54) is 0 Å². The standard InChI is InChI=1S/C14H19N3O/c1-18-13-6-4-12(5-7-13)14-10-17(11-16-14)9-3-2-8-15/h4-7,10-11H,2-3,8-9,15H2,1H3. The van der Waals surface area contributed by atoms with E-state index in [0.717, 1.165) is 42.9 Å². The van der Waals surface area contributed by atoms with Gasteiger partial charge in [-0.15, -0.1) is 0 Å². The highest BCUT2D eigenvalue weighted by Crippen LogP contribution is 2.20. The summed E-state index contributed by atoms with van der Waals surface area (Å²) >= 11 is 0. The van der Waals surface area contributed by atoms with Crippen molar-refractivity contribution in [2.75, 3.05) is 13.7 Å². The minimum atomic E-state index is 0.750. The minimum absolute atomic E-state index is 0.750. The van der Waals surface area contributed by atoms with Crippen molar-refractivity contribution >= 4 is 0 Å². The van der Waals surface area contributed by atoms with Crippen LogP contribution in [0.2, 0.25) is 0 Å². The summed E-state index contributed by atoms with van der Waals surface area (Å²) < 4.78 is 7.24. The molecule has 0 aliphatic heterocycles. The summed E-state index contributed by atoms with van der Waals surface area (Å²) in [4.78, 5) is 4.41. The zero-order chi connectivity index (χ0) is 12.8. The molecule has 0 bridgehead atoms. The molecule has 1 aromatic heterocycles. The van der Waals surface area contributed by atoms with Crippen molar-refractivity contribution in [2.45, 2.75) is 19.4 Å². The molecule has 1 aromatic carbocycles. The predicted molar refractivity (Wildman–Crippen MR) is 72.5 cm³/mol. The average molecular weight is 245 g/mol. The van der Waals surface area contributed by atoms with Crippen LogP contribution in [-0.2, 0) is 6.54 Å². The third kappa shape index (κ3) is 3.11. The number of hydrogen-bond acceptors (Lipinski definition) is 3. The molecule has 0 spiro atoms. The summed E-state index contributed by atoms with van der Waals surface area (Å²) in [5.74, 6) is 0.862. The van der Waals surface area contributed by atoms with Crippen LogP contribution in [0.1, 0.15) is 12.8 Å². The van der Waals surface area contributed by atoms with Crippen LogP contribution >= 0.6 is 0 Å². The minimum Gasteiger partial charge on any atom is -0.497 e. The summed E-state index contributed by atoms with van der Waals surface area (Å²) in [5.41, 5.74) is 7.58. The lowest BCUT2D eigenvalue weighted by atomic mass is 10.2. The fourth-order valence-electron chi connectivity index (χ4n) is 1.83. The van der Waals surface area contributed by atoms with Crippen LogP contribution in [0, 0.1) is 0 Å². The van der Waals surface area contributed by atoms with Crippen molar-refractivity contribution in [1.82, 2.24) is 9.55 Å². The summed E-state index contributed by atoms with van der Waals surface area (Å²) in [6.07, 6.45) is 6.08. The third-order valence-electron chi connectivity index (χ3n) is 2.89. The molecule has 0 saturated carbocycles. The zero-order valence-corrected chi connectivity index (χ0v) is 10.7. The molecule has 0 atom stereocenters. The van der Waals surface area contributed by atoms with Crippen LogP contribution in [0.3, 0.4) is 0 Å². The molecule has 0 aliphatic carbocycles. The van der Waals surface area contributed by atoms with Gasteiger partial charge in [0, 0.05) is 18.3 Å². The number of hydrogen-bond donors (Lipinski definition) is 1. The van der Waals surface area contributed by atoms with Crippen molar-refractivity contribution in [3.63, 3.8) is 0 Å². The van der Waals surface area contributed by atoms with Gasteiger partial charge in [-0.2, -0.15) is 0 Å². The molecule has 18 heavy (non-hydrogen) atoms. The number of aryl methyl sites for hydroxylation is 1. The van der Waals surface area contributed by atoms with Crippen LogP contribution < -0.4 is 10.5 Å². The van der Waals surface area contributed by atoms with Crippen molar-refractivity contribution < 1.29 is 4.74 Å². The van der Waals surface area contributed by atoms with Crippen LogP contribution in [0.25, 0.3) is 11.3 Å². The fraction of sp³-hybridized carbons (Fsp3) is 0.357. The molecule has 0 unspecified atom stereocenters. The molecule has 0 aliphatic rings. The van der Waals surface area contributed by atoms with Gasteiger partial charge in [0.1, 0.15) is 5.75 Å². The van der Waals surface area contributed by atoms with Gasteiger partial charge in [0.2, 0.25) is 0 Å². The van der Waals surface area contributed by atoms with Gasteiger partial charge in [-0.1, -0.05) is 0 Å². The number of aromatic nitrogens is 2. The summed E-state index contributed by atoms with van der Waals surface area (Å²) in [5, 5.41) is 0. The van der Waals surface area contributed by atoms with Crippen LogP contribution in [0.15, 0.2) is 36.8 Å². The Labute approximate surface area is 107 Å². The van der Waals surface area contributed by atoms with Crippen LogP contribution in [-0.4, -0.2) is 23.2 Å². The lowest BCUT2D eigenvalue weighted by molar-refractivity contribution is 0.415. The highest BCUT2D eigenvalue weighted by atomic mass is 16.5. The van der Waals surface area contributed by atoms with Gasteiger partial charge >= 0.3 is 0 Å². The quantitative estimate of drug-likeness (QED) is 0.794. The summed E-state index contributed by atoms with van der Waals surface area (Å²) in [7, 11) is 1.67. The van der Waals surface area contributed by atoms with E-state index in [1.54, 1.807) is 7.11 Å². The second kappa shape index (κ2) is 6.21. The van der Waals surface area contributed by atoms with Gasteiger partial charge in [-0.05, 0) is 43.7 Å². The lowest BCUT2D eigenvalue weighted by Gasteiger charge is -2.01. The maximum absolute atomic E-state index is 5.48. The number of methoxy groups -OCH3 is 1. The van der Waals surface area contributed by atoms with Gasteiger partial charge in [0.05, 0.1) is 19.1 Å². The summed E-state index contributed by atoms with van der Waals surface area (Å²) in [6.45, 7) is 1.72. The van der Waals surface area contributed by atoms with Crippen LogP contribution in [0.5, 0.6) is 5.75 Å². The molecular weight excluding hydrogens is 226 g/mol. The number of rotatable bonds is 6. The van der Waals surface area contributed by atoms with Gasteiger partial charge in [0.15, 0.2) is 0 Å². The molecule has 96 valence electrons. The van der Waals surface area contributed by atoms with Gasteiger partial charge < -0.3 is 15.0 Å². The predicted octanol–water partition coefficient (Wildman–Crippen LogP) is 2.30. The first kappa shape index (κ1) is 12.6. The maximum Gasteiger partial charge on any atom is 0.118 e. The molecular formula is C14H19N3O. The largest absolute Gasteiger partial charge is 0.497 e. The topological polar surface area (TPSA) is 53.1 Å². The Morgan fingerprint density at radius 1 is 1.22 bits per heavy atom. The molecule has 0 saturated heterocycles. The Kier molecular flexibility index (Phi) is 4.36. The summed E-state index contributed by atoms with van der Waals surface area (Å²) in [6, 6.07) is 7.93. The van der Waals surface area contributed by atoms with Gasteiger partial charge in [0.25, 0.3) is 0 Å². The highest BCUT2D eigenvalue weighted by molar-refractivity contribution is 5.59. The Hall–Kier alpha value is -1.81. The molecule has 0 fully saturated rings. The molecule has 2 rings (SSSR count). The molecule has 4 nitrogen and oxygen atoms in total. The first-order chi connectivity index (χ1) is 8.83. The molecule has 0 amide bonds. The van der Waals surface area contributed by atoms with E-state index in [-0.39, 0.29) is 0 Å². The second-order valence-electron chi connectivity index (χ2n) is 4.22. The van der Waals surface area contributed by atoms with Crippen molar-refractivity contribution in [3.05, 3.63) is 36.8 Å². The van der Waals surface area contributed by atoms with E-state index in [9.17, 15) is 0 Å². The Balaban J connectivity index is 2.04. The van der Waals surface area contributed by atoms with Gasteiger partial charge in [-0.25, -0.2) is 4.98 Å². The molecule has 1 heterocycles. The Morgan fingerprint density at radius 3 is 2.67 bits per heavy atom. The number of ether oxygens (including phenoxy) is 1. The van der Waals surface area contributed by atoms with E-state index < -0.39 is 0 Å². The van der Waals surface area contributed by atoms with Gasteiger partial charge in [-0.3, -0.25) is 0 Å². The van der Waals surface area contributed by atoms with E-state index in [1.807, 2.05) is 30.6 Å². The van der Waals surface area contributed by atoms with Crippen molar-refractivity contribution in [1.29, 1.82) is 0 Å². The number of benzene rings is 1. The van der Waals surface area contributed by atoms with E-state index in [0.29, 0.717) is 0 Å². The van der Waals surface area contributed by atoms with E-state index in [4.69, 9.17) is 10.5 Å². The molecule has 2 aromatic rings. The first-order valence-electron chi connectivity index (χ1n) is 6.20. The normalized spacial score (nSPS) is 10.6. The number of unbranched alkanes of at least 4 members (excludes halogenated alkanes) is 1. The molecule has 4 heteroatoms. The average Bonchev–Trinajstić information content (AvgIpc) is 2.88. The highest BCUT2D eigenvalue weighted by Gasteiger charge is 2.02. The van der Waals surface area contributed by atoms with Crippen LogP contribution in [0.4, 0.5) is 0 Å². The smallest absolute Gasteiger partial charge is 0.118 e. The molecule has 2 N–H and O–H groups in total. The molecule has 0 radical (unpaired) electrons. The Bertz CT molecular complexity index is 476. The number of imidazole rings is 1. The van der Waals surface area contributed by atoms with E-state index >= 15 is 0 Å². The van der Waals surface area contributed by atoms with Crippen molar-refractivity contribution in [3.8, 4) is 17.0 Å². The first-order valence-corrected chi connectivity index (χ1v) is 6.20. The SMILES string of the molecule is COc1ccc(-c2cn(CCCCN)cn2)cc1. The van der Waals surface area contributed by atoms with Crippen molar-refractivity contribution in [2.24, 2.45) is 5.73 Å². The second-order valence-corrected chi connectivity index (χ2v) is 4.22. The number of nitrogens with two attached hydrogens (primary N) is 1.